The van der Waals surface area contributed by atoms with E-state index in [-0.39, 0.29) is 6.61 Å². The van der Waals surface area contributed by atoms with Gasteiger partial charge in [-0.3, -0.25) is 0 Å². The summed E-state index contributed by atoms with van der Waals surface area (Å²) < 4.78 is 16.5. The minimum absolute atomic E-state index is 0.284. The number of hydrogen-bond donors (Lipinski definition) is 1. The normalized spacial score (nSPS) is 11.3. The Morgan fingerprint density at radius 2 is 1.33 bits per heavy atom. The molecule has 0 atom stereocenters. The van der Waals surface area contributed by atoms with Gasteiger partial charge in [-0.25, -0.2) is 9.59 Å². The molecule has 51 heavy (non-hydrogen) atoms. The number of aliphatic hydroxyl groups excluding tert-OH is 1. The third kappa shape index (κ3) is 10.8. The van der Waals surface area contributed by atoms with E-state index in [2.05, 4.69) is 16.8 Å². The molecule has 0 bridgehead atoms. The topological polar surface area (TPSA) is 125 Å². The number of ether oxygens (including phenoxy) is 3. The molecule has 0 spiro atoms. The average molecular weight is 689 g/mol. The van der Waals surface area contributed by atoms with Crippen molar-refractivity contribution in [2.24, 2.45) is 10.2 Å². The van der Waals surface area contributed by atoms with Gasteiger partial charge in [-0.2, -0.15) is 15.1 Å². The predicted octanol–water partition coefficient (Wildman–Crippen LogP) is 8.16. The molecule has 0 unspecified atom stereocenters. The minimum atomic E-state index is -0.541. The Morgan fingerprint density at radius 1 is 0.725 bits per heavy atom. The van der Waals surface area contributed by atoms with Crippen LogP contribution >= 0.6 is 0 Å². The van der Waals surface area contributed by atoms with Gasteiger partial charge in [0, 0.05) is 11.6 Å². The Morgan fingerprint density at radius 3 is 1.98 bits per heavy atom. The van der Waals surface area contributed by atoms with Crippen LogP contribution in [-0.2, 0) is 21.0 Å². The van der Waals surface area contributed by atoms with Crippen LogP contribution in [0.25, 0.3) is 21.5 Å². The molecule has 0 aliphatic rings. The van der Waals surface area contributed by atoms with Gasteiger partial charge in [0.15, 0.2) is 5.75 Å². The zero-order valence-electron chi connectivity index (χ0n) is 28.5. The van der Waals surface area contributed by atoms with Crippen LogP contribution in [0.2, 0.25) is 0 Å². The van der Waals surface area contributed by atoms with Gasteiger partial charge >= 0.3 is 11.9 Å². The van der Waals surface area contributed by atoms with E-state index >= 15 is 0 Å². The summed E-state index contributed by atoms with van der Waals surface area (Å²) in [4.78, 5) is 34.3. The summed E-state index contributed by atoms with van der Waals surface area (Å²) in [5.74, 6) is 0.610. The molecule has 0 aliphatic carbocycles. The SMILES string of the molecule is C=CC(=O)OCCCCCCOc1ccc(C(=O)Oc2ccc3cc(/C=N/N=C/c4ccc5cc(OOCC)ccc5c4)ccc3c2)cc1CO. The van der Waals surface area contributed by atoms with Crippen molar-refractivity contribution in [1.82, 2.24) is 0 Å². The summed E-state index contributed by atoms with van der Waals surface area (Å²) >= 11 is 0. The van der Waals surface area contributed by atoms with Crippen LogP contribution in [0.4, 0.5) is 0 Å². The largest absolute Gasteiger partial charge is 0.493 e. The molecule has 5 rings (SSSR count). The number of unbranched alkanes of at least 4 members (excludes halogenated alkanes) is 3. The van der Waals surface area contributed by atoms with E-state index in [1.54, 1.807) is 42.8 Å². The number of esters is 2. The molecular weight excluding hydrogens is 648 g/mol. The van der Waals surface area contributed by atoms with Crippen LogP contribution in [0.15, 0.2) is 114 Å². The smallest absolute Gasteiger partial charge is 0.343 e. The summed E-state index contributed by atoms with van der Waals surface area (Å²) in [5.41, 5.74) is 2.59. The highest BCUT2D eigenvalue weighted by Gasteiger charge is 2.13. The van der Waals surface area contributed by atoms with Crippen molar-refractivity contribution in [2.45, 2.75) is 39.2 Å². The van der Waals surface area contributed by atoms with Gasteiger partial charge in [0.1, 0.15) is 11.5 Å². The molecule has 0 saturated carbocycles. The highest BCUT2D eigenvalue weighted by Crippen LogP contribution is 2.26. The lowest BCUT2D eigenvalue weighted by molar-refractivity contribution is -0.202. The zero-order valence-corrected chi connectivity index (χ0v) is 28.5. The Kier molecular flexibility index (Phi) is 13.4. The third-order valence-corrected chi connectivity index (χ3v) is 7.81. The number of hydrogen-bond acceptors (Lipinski definition) is 10. The lowest BCUT2D eigenvalue weighted by Crippen LogP contribution is -2.10. The van der Waals surface area contributed by atoms with Crippen molar-refractivity contribution in [3.63, 3.8) is 0 Å². The van der Waals surface area contributed by atoms with E-state index in [4.69, 9.17) is 24.0 Å². The third-order valence-electron chi connectivity index (χ3n) is 7.81. The van der Waals surface area contributed by atoms with E-state index < -0.39 is 11.9 Å². The maximum Gasteiger partial charge on any atom is 0.343 e. The lowest BCUT2D eigenvalue weighted by atomic mass is 10.1. The van der Waals surface area contributed by atoms with Crippen molar-refractivity contribution >= 4 is 45.9 Å². The molecule has 10 heteroatoms. The number of fused-ring (bicyclic) bond motifs is 2. The molecule has 0 heterocycles. The Hall–Kier alpha value is -5.84. The molecule has 1 N–H and O–H groups in total. The zero-order chi connectivity index (χ0) is 35.8. The summed E-state index contributed by atoms with van der Waals surface area (Å²) in [7, 11) is 0. The molecule has 0 amide bonds. The predicted molar refractivity (Wildman–Crippen MR) is 198 cm³/mol. The molecular formula is C41H40N2O8. The first-order valence-electron chi connectivity index (χ1n) is 16.8. The average Bonchev–Trinajstić information content (AvgIpc) is 3.16. The van der Waals surface area contributed by atoms with Crippen molar-refractivity contribution in [1.29, 1.82) is 0 Å². The van der Waals surface area contributed by atoms with Crippen molar-refractivity contribution in [3.8, 4) is 17.2 Å². The Labute approximate surface area is 296 Å². The fourth-order valence-corrected chi connectivity index (χ4v) is 5.20. The molecule has 5 aromatic rings. The Balaban J connectivity index is 1.11. The molecule has 5 aromatic carbocycles. The molecule has 0 fully saturated rings. The quantitative estimate of drug-likeness (QED) is 0.0186. The number of carbonyl (C=O) groups is 2. The van der Waals surface area contributed by atoms with Crippen molar-refractivity contribution in [2.75, 3.05) is 19.8 Å². The number of benzene rings is 5. The van der Waals surface area contributed by atoms with Gasteiger partial charge in [0.25, 0.3) is 0 Å². The number of nitrogens with zero attached hydrogens (tertiary/aromatic N) is 2. The standard InChI is InChI=1S/C41H40N2O8/c1-3-40(45)48-20-8-6-5-7-19-47-39-18-15-35(23-36(39)28-44)41(46)50-37-16-13-31-21-29(9-11-33(31)24-37)26-42-43-27-30-10-12-34-25-38(51-49-4-2)17-14-32(34)22-30/h3,9-18,21-27,44H,1,4-8,19-20,28H2,2H3/b42-26+,43-27+. The highest BCUT2D eigenvalue weighted by molar-refractivity contribution is 5.95. The second-order valence-electron chi connectivity index (χ2n) is 11.5. The van der Waals surface area contributed by atoms with E-state index in [9.17, 15) is 14.7 Å². The van der Waals surface area contributed by atoms with Crippen LogP contribution in [0.3, 0.4) is 0 Å². The summed E-state index contributed by atoms with van der Waals surface area (Å²) in [6.07, 6.45) is 7.90. The Bertz CT molecular complexity index is 2040. The van der Waals surface area contributed by atoms with Gasteiger partial charge in [0.2, 0.25) is 0 Å². The molecule has 0 aromatic heterocycles. The summed E-state index contributed by atoms with van der Waals surface area (Å²) in [5, 5.41) is 22.3. The van der Waals surface area contributed by atoms with Crippen molar-refractivity contribution < 1.29 is 38.7 Å². The fraction of sp³-hybridized carbons (Fsp3) is 0.220. The highest BCUT2D eigenvalue weighted by atomic mass is 17.2. The van der Waals surface area contributed by atoms with Crippen molar-refractivity contribution in [3.05, 3.63) is 126 Å². The van der Waals surface area contributed by atoms with Gasteiger partial charge in [-0.1, -0.05) is 43.0 Å². The van der Waals surface area contributed by atoms with E-state index in [1.165, 1.54) is 0 Å². The summed E-state index contributed by atoms with van der Waals surface area (Å²) in [6.45, 7) is 6.25. The maximum absolute atomic E-state index is 13.0. The number of carbonyl (C=O) groups excluding carboxylic acids is 2. The number of aliphatic hydroxyl groups is 1. The number of rotatable bonds is 18. The second kappa shape index (κ2) is 18.8. The van der Waals surface area contributed by atoms with Gasteiger partial charge in [-0.15, -0.1) is 0 Å². The van der Waals surface area contributed by atoms with Gasteiger partial charge in [0.05, 0.1) is 44.4 Å². The molecule has 0 radical (unpaired) electrons. The first-order chi connectivity index (χ1) is 24.9. The van der Waals surface area contributed by atoms with Crippen LogP contribution < -0.4 is 14.4 Å². The first-order valence-corrected chi connectivity index (χ1v) is 16.8. The van der Waals surface area contributed by atoms with E-state index in [1.807, 2.05) is 67.6 Å². The molecule has 262 valence electrons. The van der Waals surface area contributed by atoms with E-state index in [0.29, 0.717) is 48.2 Å². The molecule has 0 saturated heterocycles. The maximum atomic E-state index is 13.0. The first kappa shape index (κ1) is 36.4. The van der Waals surface area contributed by atoms with Crippen LogP contribution in [-0.4, -0.2) is 49.3 Å². The van der Waals surface area contributed by atoms with Crippen LogP contribution in [0.5, 0.6) is 17.2 Å². The fourth-order valence-electron chi connectivity index (χ4n) is 5.20. The van der Waals surface area contributed by atoms with Gasteiger partial charge in [-0.05, 0) is 120 Å². The van der Waals surface area contributed by atoms with Crippen LogP contribution in [0.1, 0.15) is 59.7 Å². The minimum Gasteiger partial charge on any atom is -0.493 e. The van der Waals surface area contributed by atoms with Crippen LogP contribution in [0, 0.1) is 0 Å². The summed E-state index contributed by atoms with van der Waals surface area (Å²) in [6, 6.07) is 27.8. The second-order valence-corrected chi connectivity index (χ2v) is 11.5. The van der Waals surface area contributed by atoms with Gasteiger partial charge < -0.3 is 24.2 Å². The molecule has 0 aliphatic heterocycles. The lowest BCUT2D eigenvalue weighted by Gasteiger charge is -2.12. The monoisotopic (exact) mass is 688 g/mol. The molecule has 10 nitrogen and oxygen atoms in total. The van der Waals surface area contributed by atoms with E-state index in [0.717, 1.165) is 64.4 Å².